The minimum atomic E-state index is 0.0303. The highest BCUT2D eigenvalue weighted by Crippen LogP contribution is 2.33. The summed E-state index contributed by atoms with van der Waals surface area (Å²) in [6, 6.07) is 9.67. The number of rotatable bonds is 9. The predicted molar refractivity (Wildman–Crippen MR) is 101 cm³/mol. The third kappa shape index (κ3) is 4.54. The summed E-state index contributed by atoms with van der Waals surface area (Å²) in [5, 5.41) is 0. The van der Waals surface area contributed by atoms with E-state index in [2.05, 4.69) is 11.9 Å². The lowest BCUT2D eigenvalue weighted by Gasteiger charge is -2.23. The second-order valence-corrected chi connectivity index (χ2v) is 6.59. The van der Waals surface area contributed by atoms with E-state index in [0.29, 0.717) is 36.3 Å². The van der Waals surface area contributed by atoms with Crippen molar-refractivity contribution in [1.29, 1.82) is 0 Å². The summed E-state index contributed by atoms with van der Waals surface area (Å²) < 4.78 is 11.2. The second kappa shape index (κ2) is 8.70. The van der Waals surface area contributed by atoms with E-state index < -0.39 is 0 Å². The summed E-state index contributed by atoms with van der Waals surface area (Å²) in [5.74, 6) is 1.32. The normalized spacial score (nSPS) is 13.3. The van der Waals surface area contributed by atoms with Crippen molar-refractivity contribution in [2.45, 2.75) is 45.2 Å². The number of benzene rings is 1. The van der Waals surface area contributed by atoms with Crippen LogP contribution in [0.1, 0.15) is 48.5 Å². The summed E-state index contributed by atoms with van der Waals surface area (Å²) in [4.78, 5) is 19.1. The molecule has 0 N–H and O–H groups in total. The van der Waals surface area contributed by atoms with Gasteiger partial charge in [0.05, 0.1) is 13.7 Å². The van der Waals surface area contributed by atoms with E-state index in [0.717, 1.165) is 31.2 Å². The molecule has 1 fully saturated rings. The minimum absolute atomic E-state index is 0.0303. The molecule has 0 radical (unpaired) electrons. The smallest absolute Gasteiger partial charge is 0.254 e. The molecule has 5 heteroatoms. The molecular weight excluding hydrogens is 328 g/mol. The molecule has 1 heterocycles. The molecule has 1 aromatic heterocycles. The molecule has 0 saturated heterocycles. The van der Waals surface area contributed by atoms with Gasteiger partial charge in [0.2, 0.25) is 0 Å². The first kappa shape index (κ1) is 18.2. The Bertz CT molecular complexity index is 729. The molecule has 2 aromatic rings. The maximum absolute atomic E-state index is 13.1. The maximum atomic E-state index is 13.1. The van der Waals surface area contributed by atoms with Crippen molar-refractivity contribution < 1.29 is 14.3 Å². The molecule has 0 atom stereocenters. The van der Waals surface area contributed by atoms with Gasteiger partial charge >= 0.3 is 0 Å². The number of unbranched alkanes of at least 4 members (excludes halogenated alkanes) is 1. The molecule has 1 aliphatic carbocycles. The lowest BCUT2D eigenvalue weighted by Crippen LogP contribution is -2.32. The van der Waals surface area contributed by atoms with Gasteiger partial charge in [-0.3, -0.25) is 9.78 Å². The van der Waals surface area contributed by atoms with Gasteiger partial charge < -0.3 is 14.4 Å². The number of ether oxygens (including phenoxy) is 2. The third-order valence-electron chi connectivity index (χ3n) is 4.52. The van der Waals surface area contributed by atoms with Crippen LogP contribution in [0.4, 0.5) is 0 Å². The molecular formula is C21H26N2O3. The number of hydrogen-bond donors (Lipinski definition) is 0. The Hall–Kier alpha value is -2.56. The highest BCUT2D eigenvalue weighted by atomic mass is 16.5. The van der Waals surface area contributed by atoms with Crippen LogP contribution in [-0.4, -0.2) is 35.5 Å². The zero-order chi connectivity index (χ0) is 18.4. The predicted octanol–water partition coefficient (Wildman–Crippen LogP) is 4.07. The van der Waals surface area contributed by atoms with Crippen molar-refractivity contribution in [3.05, 3.63) is 53.9 Å². The maximum Gasteiger partial charge on any atom is 0.254 e. The quantitative estimate of drug-likeness (QED) is 0.637. The van der Waals surface area contributed by atoms with Gasteiger partial charge in [0.1, 0.15) is 0 Å². The summed E-state index contributed by atoms with van der Waals surface area (Å²) in [6.45, 7) is 3.37. The van der Waals surface area contributed by atoms with Gasteiger partial charge in [0, 0.05) is 30.5 Å². The van der Waals surface area contributed by atoms with Crippen LogP contribution in [0.15, 0.2) is 42.7 Å². The Morgan fingerprint density at radius 3 is 2.62 bits per heavy atom. The van der Waals surface area contributed by atoms with Gasteiger partial charge in [-0.1, -0.05) is 13.3 Å². The Labute approximate surface area is 155 Å². The van der Waals surface area contributed by atoms with Gasteiger partial charge in [-0.15, -0.1) is 0 Å². The van der Waals surface area contributed by atoms with Crippen LogP contribution >= 0.6 is 0 Å². The number of carbonyl (C=O) groups excluding carboxylic acids is 1. The van der Waals surface area contributed by atoms with Crippen LogP contribution in [0, 0.1) is 0 Å². The molecule has 26 heavy (non-hydrogen) atoms. The zero-order valence-corrected chi connectivity index (χ0v) is 15.5. The van der Waals surface area contributed by atoms with Crippen molar-refractivity contribution in [1.82, 2.24) is 9.88 Å². The van der Waals surface area contributed by atoms with E-state index in [1.807, 2.05) is 29.2 Å². The Balaban J connectivity index is 1.76. The van der Waals surface area contributed by atoms with Crippen molar-refractivity contribution >= 4 is 5.91 Å². The van der Waals surface area contributed by atoms with Crippen LogP contribution in [-0.2, 0) is 6.54 Å². The molecule has 0 aliphatic heterocycles. The molecule has 1 amide bonds. The molecule has 3 rings (SSSR count). The van der Waals surface area contributed by atoms with Gasteiger partial charge in [0.15, 0.2) is 11.5 Å². The first-order valence-electron chi connectivity index (χ1n) is 9.23. The van der Waals surface area contributed by atoms with Crippen molar-refractivity contribution in [3.63, 3.8) is 0 Å². The monoisotopic (exact) mass is 354 g/mol. The zero-order valence-electron chi connectivity index (χ0n) is 15.5. The average Bonchev–Trinajstić information content (AvgIpc) is 3.52. The van der Waals surface area contributed by atoms with Gasteiger partial charge in [-0.2, -0.15) is 0 Å². The van der Waals surface area contributed by atoms with Gasteiger partial charge in [-0.25, -0.2) is 0 Å². The van der Waals surface area contributed by atoms with Crippen LogP contribution in [0.5, 0.6) is 11.5 Å². The van der Waals surface area contributed by atoms with E-state index >= 15 is 0 Å². The molecule has 0 spiro atoms. The van der Waals surface area contributed by atoms with Crippen molar-refractivity contribution in [2.75, 3.05) is 13.7 Å². The van der Waals surface area contributed by atoms with Crippen LogP contribution in [0.2, 0.25) is 0 Å². The number of hydrogen-bond acceptors (Lipinski definition) is 4. The molecule has 0 unspecified atom stereocenters. The number of pyridine rings is 1. The lowest BCUT2D eigenvalue weighted by atomic mass is 10.1. The second-order valence-electron chi connectivity index (χ2n) is 6.59. The summed E-state index contributed by atoms with van der Waals surface area (Å²) >= 11 is 0. The molecule has 1 saturated carbocycles. The van der Waals surface area contributed by atoms with E-state index in [-0.39, 0.29) is 5.91 Å². The largest absolute Gasteiger partial charge is 0.493 e. The van der Waals surface area contributed by atoms with Crippen molar-refractivity contribution in [2.24, 2.45) is 0 Å². The summed E-state index contributed by atoms with van der Waals surface area (Å²) in [6.07, 6.45) is 7.71. The number of methoxy groups -OCH3 is 1. The van der Waals surface area contributed by atoms with Crippen LogP contribution in [0.3, 0.4) is 0 Å². The fraction of sp³-hybridized carbons (Fsp3) is 0.429. The lowest BCUT2D eigenvalue weighted by molar-refractivity contribution is 0.0729. The Morgan fingerprint density at radius 1 is 1.19 bits per heavy atom. The summed E-state index contributed by atoms with van der Waals surface area (Å²) in [7, 11) is 1.60. The van der Waals surface area contributed by atoms with Gasteiger partial charge in [-0.05, 0) is 55.2 Å². The third-order valence-corrected chi connectivity index (χ3v) is 4.52. The SMILES string of the molecule is CCCCOc1ccc(C(=O)N(Cc2ccncc2)C2CC2)cc1OC. The van der Waals surface area contributed by atoms with Crippen molar-refractivity contribution in [3.8, 4) is 11.5 Å². The summed E-state index contributed by atoms with van der Waals surface area (Å²) in [5.41, 5.74) is 1.72. The van der Waals surface area contributed by atoms with E-state index in [4.69, 9.17) is 9.47 Å². The van der Waals surface area contributed by atoms with E-state index in [1.54, 1.807) is 25.6 Å². The highest BCUT2D eigenvalue weighted by molar-refractivity contribution is 5.95. The van der Waals surface area contributed by atoms with E-state index in [9.17, 15) is 4.79 Å². The minimum Gasteiger partial charge on any atom is -0.493 e. The first-order chi connectivity index (χ1) is 12.7. The molecule has 1 aliphatic rings. The topological polar surface area (TPSA) is 51.7 Å². The highest BCUT2D eigenvalue weighted by Gasteiger charge is 2.33. The molecule has 1 aromatic carbocycles. The Kier molecular flexibility index (Phi) is 6.10. The number of amides is 1. The first-order valence-corrected chi connectivity index (χ1v) is 9.23. The molecule has 5 nitrogen and oxygen atoms in total. The fourth-order valence-electron chi connectivity index (χ4n) is 2.85. The number of nitrogens with zero attached hydrogens (tertiary/aromatic N) is 2. The molecule has 138 valence electrons. The molecule has 0 bridgehead atoms. The van der Waals surface area contributed by atoms with E-state index in [1.165, 1.54) is 0 Å². The average molecular weight is 354 g/mol. The Morgan fingerprint density at radius 2 is 1.96 bits per heavy atom. The number of aromatic nitrogens is 1. The van der Waals surface area contributed by atoms with Crippen LogP contribution in [0.25, 0.3) is 0 Å². The van der Waals surface area contributed by atoms with Crippen LogP contribution < -0.4 is 9.47 Å². The van der Waals surface area contributed by atoms with Gasteiger partial charge in [0.25, 0.3) is 5.91 Å². The standard InChI is InChI=1S/C21H26N2O3/c1-3-4-13-26-19-8-5-17(14-20(19)25-2)21(24)23(18-6-7-18)15-16-9-11-22-12-10-16/h5,8-12,14,18H,3-4,6-7,13,15H2,1-2H3. The fourth-order valence-corrected chi connectivity index (χ4v) is 2.85. The number of carbonyl (C=O) groups is 1.